The Morgan fingerprint density at radius 3 is 2.71 bits per heavy atom. The van der Waals surface area contributed by atoms with Gasteiger partial charge in [-0.25, -0.2) is 4.39 Å². The van der Waals surface area contributed by atoms with Crippen molar-refractivity contribution in [2.75, 3.05) is 25.0 Å². The van der Waals surface area contributed by atoms with Crippen LogP contribution >= 0.6 is 12.4 Å². The number of fused-ring (bicyclic) bond motifs is 1. The summed E-state index contributed by atoms with van der Waals surface area (Å²) < 4.78 is 13.6. The van der Waals surface area contributed by atoms with E-state index in [1.165, 1.54) is 12.1 Å². The second-order valence-electron chi connectivity index (χ2n) is 6.48. The van der Waals surface area contributed by atoms with Gasteiger partial charge in [0, 0.05) is 35.7 Å². The largest absolute Gasteiger partial charge is 0.358 e. The van der Waals surface area contributed by atoms with Gasteiger partial charge in [-0.05, 0) is 50.2 Å². The molecule has 3 rings (SSSR count). The minimum absolute atomic E-state index is 0. The van der Waals surface area contributed by atoms with Crippen molar-refractivity contribution >= 4 is 41.6 Å². The number of benzene rings is 1. The third-order valence-electron chi connectivity index (χ3n) is 4.59. The van der Waals surface area contributed by atoms with Gasteiger partial charge in [-0.1, -0.05) is 6.92 Å². The number of amides is 2. The molecule has 0 aliphatic carbocycles. The van der Waals surface area contributed by atoms with E-state index in [0.29, 0.717) is 41.2 Å². The highest BCUT2D eigenvalue weighted by Crippen LogP contribution is 2.34. The molecule has 6 nitrogen and oxygen atoms in total. The lowest BCUT2D eigenvalue weighted by Gasteiger charge is -2.06. The average Bonchev–Trinajstić information content (AvgIpc) is 3.08. The number of halogens is 2. The second-order valence-corrected chi connectivity index (χ2v) is 6.48. The molecule has 4 N–H and O–H groups in total. The van der Waals surface area contributed by atoms with Crippen molar-refractivity contribution in [3.05, 3.63) is 52.1 Å². The summed E-state index contributed by atoms with van der Waals surface area (Å²) in [7, 11) is 0. The zero-order valence-electron chi connectivity index (χ0n) is 16.0. The third-order valence-corrected chi connectivity index (χ3v) is 4.59. The first kappa shape index (κ1) is 21.7. The van der Waals surface area contributed by atoms with Crippen LogP contribution in [0.3, 0.4) is 0 Å². The number of aryl methyl sites for hydroxylation is 1. The van der Waals surface area contributed by atoms with Gasteiger partial charge in [-0.3, -0.25) is 9.59 Å². The fraction of sp³-hybridized carbons (Fsp3) is 0.300. The van der Waals surface area contributed by atoms with Crippen molar-refractivity contribution in [1.82, 2.24) is 15.6 Å². The zero-order valence-corrected chi connectivity index (χ0v) is 16.8. The topological polar surface area (TPSA) is 86.0 Å². The predicted molar refractivity (Wildman–Crippen MR) is 111 cm³/mol. The number of hydrogen-bond acceptors (Lipinski definition) is 3. The summed E-state index contributed by atoms with van der Waals surface area (Å²) in [6.07, 6.45) is 1.67. The van der Waals surface area contributed by atoms with Crippen LogP contribution in [0.5, 0.6) is 0 Å². The monoisotopic (exact) mass is 407 g/mol. The Kier molecular flexibility index (Phi) is 6.99. The molecule has 2 aromatic rings. The van der Waals surface area contributed by atoms with Crippen molar-refractivity contribution in [2.24, 2.45) is 0 Å². The standard InChI is InChI=1S/C20H23FN4O2.ClH/c1-4-22-7-8-23-20(27)18-11(2)17(24-12(18)3)10-15-14-9-13(21)5-6-16(14)25-19(15)26;/h5-6,9-10,22,24H,4,7-8H2,1-3H3,(H,23,27)(H,25,26);1H/b15-10-;/i10+1;. The summed E-state index contributed by atoms with van der Waals surface area (Å²) >= 11 is 0. The Labute approximate surface area is 169 Å². The zero-order chi connectivity index (χ0) is 19.6. The highest BCUT2D eigenvalue weighted by molar-refractivity contribution is 6.34. The van der Waals surface area contributed by atoms with Crippen LogP contribution in [-0.2, 0) is 4.79 Å². The highest BCUT2D eigenvalue weighted by Gasteiger charge is 2.26. The van der Waals surface area contributed by atoms with E-state index in [2.05, 4.69) is 20.9 Å². The molecule has 1 aromatic carbocycles. The minimum Gasteiger partial charge on any atom is -0.358 e. The molecule has 1 aliphatic rings. The van der Waals surface area contributed by atoms with Crippen LogP contribution in [0.15, 0.2) is 18.2 Å². The molecule has 0 bridgehead atoms. The van der Waals surface area contributed by atoms with E-state index >= 15 is 0 Å². The average molecular weight is 408 g/mol. The second kappa shape index (κ2) is 9.03. The number of aromatic amines is 1. The maximum Gasteiger partial charge on any atom is 0.256 e. The van der Waals surface area contributed by atoms with Crippen LogP contribution in [0.4, 0.5) is 10.1 Å². The number of nitrogens with one attached hydrogen (secondary N) is 4. The van der Waals surface area contributed by atoms with E-state index in [-0.39, 0.29) is 24.2 Å². The maximum atomic E-state index is 13.6. The molecule has 2 amide bonds. The van der Waals surface area contributed by atoms with Gasteiger partial charge in [0.05, 0.1) is 11.1 Å². The van der Waals surface area contributed by atoms with Crippen LogP contribution in [0, 0.1) is 19.7 Å². The van der Waals surface area contributed by atoms with Gasteiger partial charge in [0.15, 0.2) is 0 Å². The summed E-state index contributed by atoms with van der Waals surface area (Å²) in [5.41, 5.74) is 4.16. The Hall–Kier alpha value is -2.64. The first-order valence-corrected chi connectivity index (χ1v) is 8.93. The Morgan fingerprint density at radius 1 is 1.25 bits per heavy atom. The van der Waals surface area contributed by atoms with E-state index in [1.54, 1.807) is 12.1 Å². The summed E-state index contributed by atoms with van der Waals surface area (Å²) in [6, 6.07) is 4.18. The minimum atomic E-state index is -0.406. The molecule has 1 aliphatic heterocycles. The van der Waals surface area contributed by atoms with E-state index < -0.39 is 5.82 Å². The van der Waals surface area contributed by atoms with Crippen molar-refractivity contribution in [2.45, 2.75) is 20.8 Å². The van der Waals surface area contributed by atoms with Gasteiger partial charge in [-0.2, -0.15) is 0 Å². The van der Waals surface area contributed by atoms with Gasteiger partial charge in [0.1, 0.15) is 5.82 Å². The molecule has 1 aromatic heterocycles. The first-order valence-electron chi connectivity index (χ1n) is 8.93. The van der Waals surface area contributed by atoms with Crippen molar-refractivity contribution < 1.29 is 14.0 Å². The van der Waals surface area contributed by atoms with Gasteiger partial charge in [0.25, 0.3) is 11.8 Å². The molecular formula is C20H24ClFN4O2. The number of carbonyl (C=O) groups excluding carboxylic acids is 2. The number of rotatable bonds is 6. The van der Waals surface area contributed by atoms with Gasteiger partial charge >= 0.3 is 0 Å². The van der Waals surface area contributed by atoms with E-state index in [9.17, 15) is 14.0 Å². The molecule has 0 atom stereocenters. The number of likely N-dealkylation sites (N-methyl/N-ethyl adjacent to an activating group) is 1. The van der Waals surface area contributed by atoms with Gasteiger partial charge in [-0.15, -0.1) is 12.4 Å². The molecule has 0 unspecified atom stereocenters. The molecule has 28 heavy (non-hydrogen) atoms. The van der Waals surface area contributed by atoms with Crippen LogP contribution in [-0.4, -0.2) is 36.4 Å². The summed E-state index contributed by atoms with van der Waals surface area (Å²) in [5.74, 6) is -0.860. The molecule has 0 saturated carbocycles. The lowest BCUT2D eigenvalue weighted by Crippen LogP contribution is -2.32. The van der Waals surface area contributed by atoms with E-state index in [0.717, 1.165) is 17.8 Å². The Balaban J connectivity index is 0.00000280. The van der Waals surface area contributed by atoms with Crippen molar-refractivity contribution in [3.8, 4) is 0 Å². The van der Waals surface area contributed by atoms with Crippen LogP contribution < -0.4 is 16.0 Å². The molecule has 2 heterocycles. The van der Waals surface area contributed by atoms with Crippen molar-refractivity contribution in [3.63, 3.8) is 0 Å². The Bertz CT molecular complexity index is 937. The normalized spacial score (nSPS) is 13.9. The number of anilines is 1. The molecule has 0 radical (unpaired) electrons. The fourth-order valence-electron chi connectivity index (χ4n) is 3.24. The van der Waals surface area contributed by atoms with Crippen LogP contribution in [0.25, 0.3) is 11.6 Å². The smallest absolute Gasteiger partial charge is 0.256 e. The number of aromatic nitrogens is 1. The summed E-state index contributed by atoms with van der Waals surface area (Å²) in [5, 5.41) is 8.76. The predicted octanol–water partition coefficient (Wildman–Crippen LogP) is 3.02. The molecule has 150 valence electrons. The molecular weight excluding hydrogens is 384 g/mol. The molecule has 0 saturated heterocycles. The number of H-pyrrole nitrogens is 1. The molecule has 0 spiro atoms. The highest BCUT2D eigenvalue weighted by atomic mass is 35.5. The number of carbonyl (C=O) groups is 2. The summed E-state index contributed by atoms with van der Waals surface area (Å²) in [4.78, 5) is 27.9. The lowest BCUT2D eigenvalue weighted by atomic mass is 10.1. The summed E-state index contributed by atoms with van der Waals surface area (Å²) in [6.45, 7) is 7.72. The van der Waals surface area contributed by atoms with E-state index in [1.807, 2.05) is 20.8 Å². The van der Waals surface area contributed by atoms with Crippen molar-refractivity contribution in [1.29, 1.82) is 0 Å². The molecule has 0 fully saturated rings. The van der Waals surface area contributed by atoms with Gasteiger partial charge in [0.2, 0.25) is 0 Å². The lowest BCUT2D eigenvalue weighted by molar-refractivity contribution is -0.110. The SMILES string of the molecule is CCNCCNC(=O)c1c(C)[nH]c(/[13CH]=C2\C(=O)Nc3ccc(F)cc32)c1C.Cl. The fourth-order valence-corrected chi connectivity index (χ4v) is 3.24. The van der Waals surface area contributed by atoms with Crippen LogP contribution in [0.2, 0.25) is 0 Å². The van der Waals surface area contributed by atoms with E-state index in [4.69, 9.17) is 0 Å². The third kappa shape index (κ3) is 4.26. The van der Waals surface area contributed by atoms with Gasteiger partial charge < -0.3 is 20.9 Å². The molecule has 8 heteroatoms. The van der Waals surface area contributed by atoms with Crippen LogP contribution in [0.1, 0.15) is 39.8 Å². The quantitative estimate of drug-likeness (QED) is 0.337. The maximum absolute atomic E-state index is 13.6. The number of hydrogen-bond donors (Lipinski definition) is 4. The first-order chi connectivity index (χ1) is 12.9. The Morgan fingerprint density at radius 2 is 2.00 bits per heavy atom.